The van der Waals surface area contributed by atoms with Crippen LogP contribution in [0.2, 0.25) is 0 Å². The first-order chi connectivity index (χ1) is 19.0. The van der Waals surface area contributed by atoms with Crippen molar-refractivity contribution in [2.45, 2.75) is 43.2 Å². The number of nitrogen functional groups attached to an aromatic ring is 1. The van der Waals surface area contributed by atoms with Crippen molar-refractivity contribution in [2.75, 3.05) is 38.0 Å². The van der Waals surface area contributed by atoms with Gasteiger partial charge in [0.15, 0.2) is 23.2 Å². The van der Waals surface area contributed by atoms with E-state index in [1.54, 1.807) is 32.2 Å². The lowest BCUT2D eigenvalue weighted by molar-refractivity contribution is -0.144. The molecule has 17 heteroatoms. The van der Waals surface area contributed by atoms with Crippen LogP contribution < -0.4 is 20.7 Å². The number of nitrogens with two attached hydrogens (primary N) is 1. The van der Waals surface area contributed by atoms with Crippen LogP contribution in [0.3, 0.4) is 0 Å². The molecule has 40 heavy (non-hydrogen) atoms. The van der Waals surface area contributed by atoms with Gasteiger partial charge < -0.3 is 30.2 Å². The van der Waals surface area contributed by atoms with E-state index in [1.165, 1.54) is 30.0 Å². The van der Waals surface area contributed by atoms with Crippen molar-refractivity contribution in [1.82, 2.24) is 24.6 Å². The van der Waals surface area contributed by atoms with Gasteiger partial charge >= 0.3 is 13.7 Å². The largest absolute Gasteiger partial charge is 0.465 e. The molecule has 1 aliphatic rings. The van der Waals surface area contributed by atoms with E-state index in [4.69, 9.17) is 35.9 Å². The van der Waals surface area contributed by atoms with E-state index in [1.807, 2.05) is 0 Å². The summed E-state index contributed by atoms with van der Waals surface area (Å²) in [6.45, 7) is 1.37. The number of rotatable bonds is 12. The molecule has 0 aliphatic carbocycles. The number of ether oxygens (including phenoxy) is 2. The molecule has 0 saturated carbocycles. The second-order valence-corrected chi connectivity index (χ2v) is 11.2. The first-order valence-corrected chi connectivity index (χ1v) is 14.2. The molecule has 0 spiro atoms. The number of alkyl halides is 2. The maximum absolute atomic E-state index is 14.4. The summed E-state index contributed by atoms with van der Waals surface area (Å²) in [4.78, 5) is 22.7. The van der Waals surface area contributed by atoms with Crippen LogP contribution in [-0.4, -0.2) is 80.7 Å². The summed E-state index contributed by atoms with van der Waals surface area (Å²) in [6.07, 6.45) is -2.95. The Bertz CT molecular complexity index is 1390. The predicted molar refractivity (Wildman–Crippen MR) is 144 cm³/mol. The first-order valence-electron chi connectivity index (χ1n) is 12.2. The number of benzene rings is 1. The van der Waals surface area contributed by atoms with E-state index in [0.29, 0.717) is 11.3 Å². The van der Waals surface area contributed by atoms with Crippen LogP contribution in [0.25, 0.3) is 11.2 Å². The molecular formula is C23H30ClFN7O7P. The molecule has 5 N–H and O–H groups in total. The number of imidazole rings is 1. The molecule has 0 bridgehead atoms. The van der Waals surface area contributed by atoms with E-state index >= 15 is 0 Å². The lowest BCUT2D eigenvalue weighted by Gasteiger charge is -2.27. The van der Waals surface area contributed by atoms with Gasteiger partial charge in [0.05, 0.1) is 19.5 Å². The third-order valence-electron chi connectivity index (χ3n) is 6.06. The minimum atomic E-state index is -4.28. The van der Waals surface area contributed by atoms with Crippen LogP contribution in [-0.2, 0) is 23.4 Å². The Labute approximate surface area is 233 Å². The van der Waals surface area contributed by atoms with Crippen molar-refractivity contribution >= 4 is 48.2 Å². The van der Waals surface area contributed by atoms with Gasteiger partial charge in [0.25, 0.3) is 0 Å². The molecule has 218 valence electrons. The van der Waals surface area contributed by atoms with E-state index < -0.39 is 56.3 Å². The summed E-state index contributed by atoms with van der Waals surface area (Å²) in [5.41, 5.74) is 6.30. The van der Waals surface area contributed by atoms with Gasteiger partial charge in [-0.25, -0.2) is 13.9 Å². The fourth-order valence-corrected chi connectivity index (χ4v) is 5.90. The van der Waals surface area contributed by atoms with Gasteiger partial charge in [0.1, 0.15) is 35.5 Å². The number of aliphatic hydroxyl groups is 1. The third kappa shape index (κ3) is 5.99. The van der Waals surface area contributed by atoms with Gasteiger partial charge in [-0.3, -0.25) is 13.9 Å². The minimum Gasteiger partial charge on any atom is -0.465 e. The highest BCUT2D eigenvalue weighted by atomic mass is 35.5. The highest BCUT2D eigenvalue weighted by Crippen LogP contribution is 2.49. The van der Waals surface area contributed by atoms with Crippen LogP contribution in [0.5, 0.6) is 5.75 Å². The Morgan fingerprint density at radius 2 is 2.10 bits per heavy atom. The number of anilines is 2. The van der Waals surface area contributed by atoms with Crippen molar-refractivity contribution in [3.05, 3.63) is 36.7 Å². The molecule has 1 fully saturated rings. The molecule has 2 aromatic heterocycles. The first kappa shape index (κ1) is 29.9. The Kier molecular flexibility index (Phi) is 9.12. The lowest BCUT2D eigenvalue weighted by Crippen LogP contribution is -2.44. The number of aromatic nitrogens is 4. The van der Waals surface area contributed by atoms with Gasteiger partial charge in [-0.15, -0.1) is 11.6 Å². The summed E-state index contributed by atoms with van der Waals surface area (Å²) in [6, 6.07) is 7.01. The van der Waals surface area contributed by atoms with Crippen molar-refractivity contribution in [3.8, 4) is 5.75 Å². The molecule has 3 aromatic rings. The van der Waals surface area contributed by atoms with Crippen molar-refractivity contribution < 1.29 is 37.4 Å². The summed E-state index contributed by atoms with van der Waals surface area (Å²) >= 11 is 6.59. The zero-order valence-corrected chi connectivity index (χ0v) is 23.5. The second kappa shape index (κ2) is 12.2. The number of nitrogens with one attached hydrogen (secondary N) is 2. The molecule has 3 heterocycles. The molecule has 4 rings (SSSR count). The number of nitrogens with zero attached hydrogens (tertiary/aromatic N) is 4. The fraction of sp³-hybridized carbons (Fsp3) is 0.478. The number of aliphatic hydroxyl groups excluding tert-OH is 1. The average molecular weight is 602 g/mol. The van der Waals surface area contributed by atoms with Crippen molar-refractivity contribution in [1.29, 1.82) is 0 Å². The Morgan fingerprint density at radius 3 is 2.75 bits per heavy atom. The number of esters is 1. The zero-order chi connectivity index (χ0) is 29.1. The van der Waals surface area contributed by atoms with Gasteiger partial charge in [-0.1, -0.05) is 18.2 Å². The summed E-state index contributed by atoms with van der Waals surface area (Å²) < 4.78 is 51.6. The highest BCUT2D eigenvalue weighted by molar-refractivity contribution is 7.52. The van der Waals surface area contributed by atoms with Crippen molar-refractivity contribution in [2.24, 2.45) is 0 Å². The highest BCUT2D eigenvalue weighted by Gasteiger charge is 2.57. The molecule has 0 radical (unpaired) electrons. The topological polar surface area (TPSA) is 185 Å². The number of hydrogen-bond donors (Lipinski definition) is 4. The number of carbonyl (C=O) groups excluding carboxylic acids is 1. The van der Waals surface area contributed by atoms with Gasteiger partial charge in [0.2, 0.25) is 5.95 Å². The SMILES string of the molecule is CCOC(=O)[C@@H](C)NP(=O)(OC[C@H]1O[C@@H](n2cnc3c(NC)nc(N)nc32)[C@@](Cl)(CF)[C@@H]1O)Oc1ccccc1. The summed E-state index contributed by atoms with van der Waals surface area (Å²) in [5.74, 6) is -0.274. The maximum Gasteiger partial charge on any atom is 0.459 e. The maximum atomic E-state index is 14.4. The van der Waals surface area contributed by atoms with Crippen molar-refractivity contribution in [3.63, 3.8) is 0 Å². The molecule has 1 aliphatic heterocycles. The molecule has 6 atom stereocenters. The van der Waals surface area contributed by atoms with Gasteiger partial charge in [0, 0.05) is 7.05 Å². The number of fused-ring (bicyclic) bond motifs is 1. The standard InChI is InChI=1S/C23H30ClFN7O7P/c1-4-36-20(34)13(2)31-40(35,39-14-8-6-5-7-9-14)37-10-15-17(33)23(24,11-25)21(38-15)32-12-28-16-18(27-3)29-22(26)30-19(16)32/h5-9,12-13,15,17,21,33H,4,10-11H2,1-3H3,(H,31,35)(H3,26,27,29,30)/t13-,15-,17-,21-,23-,40?/m1/s1. The number of para-hydroxylation sites is 1. The van der Waals surface area contributed by atoms with E-state index in [2.05, 4.69) is 25.4 Å². The minimum absolute atomic E-state index is 0.0850. The number of hydrogen-bond acceptors (Lipinski definition) is 12. The lowest BCUT2D eigenvalue weighted by atomic mass is 10.0. The Balaban J connectivity index is 1.59. The normalized spacial score (nSPS) is 24.9. The second-order valence-electron chi connectivity index (χ2n) is 8.84. The molecule has 1 unspecified atom stereocenters. The fourth-order valence-electron chi connectivity index (χ4n) is 4.10. The monoisotopic (exact) mass is 601 g/mol. The zero-order valence-electron chi connectivity index (χ0n) is 21.9. The quantitative estimate of drug-likeness (QED) is 0.135. The Morgan fingerprint density at radius 1 is 1.38 bits per heavy atom. The summed E-state index contributed by atoms with van der Waals surface area (Å²) in [7, 11) is -2.67. The van der Waals surface area contributed by atoms with E-state index in [9.17, 15) is 18.9 Å². The molecule has 1 aromatic carbocycles. The number of carbonyl (C=O) groups is 1. The van der Waals surface area contributed by atoms with Crippen LogP contribution >= 0.6 is 19.3 Å². The van der Waals surface area contributed by atoms with Crippen LogP contribution in [0, 0.1) is 0 Å². The third-order valence-corrected chi connectivity index (χ3v) is 8.22. The van der Waals surface area contributed by atoms with Gasteiger partial charge in [-0.2, -0.15) is 15.1 Å². The predicted octanol–water partition coefficient (Wildman–Crippen LogP) is 2.40. The molecule has 0 amide bonds. The Hall–Kier alpha value is -3.07. The molecule has 1 saturated heterocycles. The van der Waals surface area contributed by atoms with E-state index in [-0.39, 0.29) is 24.0 Å². The van der Waals surface area contributed by atoms with Gasteiger partial charge in [-0.05, 0) is 26.0 Å². The number of halogens is 2. The van der Waals surface area contributed by atoms with E-state index in [0.717, 1.165) is 0 Å². The van der Waals surface area contributed by atoms with Crippen LogP contribution in [0.1, 0.15) is 20.1 Å². The average Bonchev–Trinajstić information content (AvgIpc) is 3.46. The molecule has 14 nitrogen and oxygen atoms in total. The smallest absolute Gasteiger partial charge is 0.459 e. The van der Waals surface area contributed by atoms with Crippen LogP contribution in [0.15, 0.2) is 36.7 Å². The summed E-state index contributed by atoms with van der Waals surface area (Å²) in [5, 5.41) is 16.4. The van der Waals surface area contributed by atoms with Crippen LogP contribution in [0.4, 0.5) is 16.2 Å². The molecular weight excluding hydrogens is 572 g/mol.